The van der Waals surface area contributed by atoms with Crippen molar-refractivity contribution in [2.75, 3.05) is 0 Å². The zero-order chi connectivity index (χ0) is 19.7. The van der Waals surface area contributed by atoms with Gasteiger partial charge in [0.25, 0.3) is 0 Å². The molecule has 1 atom stereocenters. The summed E-state index contributed by atoms with van der Waals surface area (Å²) >= 11 is 0. The van der Waals surface area contributed by atoms with E-state index in [1.165, 1.54) is 22.3 Å². The highest BCUT2D eigenvalue weighted by molar-refractivity contribution is 5.57. The minimum atomic E-state index is -0.600. The molecule has 0 aromatic heterocycles. The van der Waals surface area contributed by atoms with Crippen molar-refractivity contribution in [3.8, 4) is 0 Å². The summed E-state index contributed by atoms with van der Waals surface area (Å²) in [7, 11) is 0. The Morgan fingerprint density at radius 1 is 0.483 bits per heavy atom. The fraction of sp³-hybridized carbons (Fsp3) is 0.143. The lowest BCUT2D eigenvalue weighted by atomic mass is 9.51. The minimum Gasteiger partial charge on any atom is -0.360 e. The summed E-state index contributed by atoms with van der Waals surface area (Å²) in [6.45, 7) is 2.20. The van der Waals surface area contributed by atoms with Crippen LogP contribution >= 0.6 is 0 Å². The van der Waals surface area contributed by atoms with E-state index >= 15 is 0 Å². The van der Waals surface area contributed by atoms with Crippen LogP contribution in [0.3, 0.4) is 0 Å². The fourth-order valence-corrected chi connectivity index (χ4v) is 5.22. The number of rotatable bonds is 4. The molecule has 4 aromatic carbocycles. The Morgan fingerprint density at radius 2 is 0.793 bits per heavy atom. The van der Waals surface area contributed by atoms with E-state index in [1.54, 1.807) is 0 Å². The molecule has 1 nitrogen and oxygen atoms in total. The second-order valence-electron chi connectivity index (χ2n) is 7.71. The molecule has 1 unspecified atom stereocenters. The van der Waals surface area contributed by atoms with Crippen LogP contribution in [-0.4, -0.2) is 6.10 Å². The van der Waals surface area contributed by atoms with Crippen molar-refractivity contribution in [1.82, 2.24) is 0 Å². The average molecular weight is 376 g/mol. The Kier molecular flexibility index (Phi) is 4.34. The van der Waals surface area contributed by atoms with Crippen LogP contribution in [0.15, 0.2) is 121 Å². The van der Waals surface area contributed by atoms with Crippen LogP contribution < -0.4 is 0 Å². The topological polar surface area (TPSA) is 9.23 Å². The average Bonchev–Trinajstić information content (AvgIpc) is 2.80. The Labute approximate surface area is 172 Å². The number of benzene rings is 4. The fourth-order valence-electron chi connectivity index (χ4n) is 5.22. The van der Waals surface area contributed by atoms with Crippen molar-refractivity contribution < 1.29 is 4.74 Å². The summed E-state index contributed by atoms with van der Waals surface area (Å²) in [6.07, 6.45) is 0.0210. The molecule has 0 N–H and O–H groups in total. The largest absolute Gasteiger partial charge is 0.360 e. The molecule has 0 amide bonds. The second kappa shape index (κ2) is 7.02. The Hall–Kier alpha value is -3.16. The zero-order valence-corrected chi connectivity index (χ0v) is 16.5. The van der Waals surface area contributed by atoms with Crippen LogP contribution in [0.1, 0.15) is 29.2 Å². The number of hydrogen-bond acceptors (Lipinski definition) is 1. The van der Waals surface area contributed by atoms with E-state index in [2.05, 4.69) is 128 Å². The monoisotopic (exact) mass is 376 g/mol. The molecule has 0 aliphatic carbocycles. The zero-order valence-electron chi connectivity index (χ0n) is 16.5. The molecule has 0 spiro atoms. The first-order valence-electron chi connectivity index (χ1n) is 10.2. The molecule has 29 heavy (non-hydrogen) atoms. The second-order valence-corrected chi connectivity index (χ2v) is 7.71. The van der Waals surface area contributed by atoms with Crippen LogP contribution in [0.4, 0.5) is 0 Å². The first-order chi connectivity index (χ1) is 14.3. The number of hydrogen-bond donors (Lipinski definition) is 0. The highest BCUT2D eigenvalue weighted by Gasteiger charge is 2.68. The molecule has 0 radical (unpaired) electrons. The van der Waals surface area contributed by atoms with Gasteiger partial charge in [0.1, 0.15) is 5.60 Å². The van der Waals surface area contributed by atoms with E-state index < -0.39 is 5.60 Å². The van der Waals surface area contributed by atoms with Gasteiger partial charge >= 0.3 is 0 Å². The van der Waals surface area contributed by atoms with Gasteiger partial charge in [-0.05, 0) is 29.2 Å². The molecule has 1 aliphatic heterocycles. The quantitative estimate of drug-likeness (QED) is 0.404. The smallest absolute Gasteiger partial charge is 0.135 e. The van der Waals surface area contributed by atoms with Crippen molar-refractivity contribution in [3.05, 3.63) is 144 Å². The van der Waals surface area contributed by atoms with Crippen molar-refractivity contribution in [2.45, 2.75) is 24.0 Å². The van der Waals surface area contributed by atoms with Gasteiger partial charge in [-0.2, -0.15) is 0 Å². The summed E-state index contributed by atoms with van der Waals surface area (Å²) in [4.78, 5) is 0. The van der Waals surface area contributed by atoms with Crippen LogP contribution in [0.2, 0.25) is 0 Å². The molecular formula is C28H24O. The van der Waals surface area contributed by atoms with Gasteiger partial charge in [-0.15, -0.1) is 0 Å². The van der Waals surface area contributed by atoms with E-state index in [1.807, 2.05) is 0 Å². The Bertz CT molecular complexity index is 993. The van der Waals surface area contributed by atoms with Gasteiger partial charge in [-0.25, -0.2) is 0 Å². The summed E-state index contributed by atoms with van der Waals surface area (Å²) in [6, 6.07) is 43.0. The Morgan fingerprint density at radius 3 is 1.10 bits per heavy atom. The van der Waals surface area contributed by atoms with E-state index in [0.29, 0.717) is 0 Å². The third-order valence-corrected chi connectivity index (χ3v) is 6.34. The highest BCUT2D eigenvalue weighted by Crippen LogP contribution is 2.64. The lowest BCUT2D eigenvalue weighted by molar-refractivity contribution is -0.243. The van der Waals surface area contributed by atoms with E-state index in [0.717, 1.165) is 0 Å². The Balaban J connectivity index is 1.90. The van der Waals surface area contributed by atoms with Gasteiger partial charge in [0.15, 0.2) is 0 Å². The van der Waals surface area contributed by atoms with Crippen molar-refractivity contribution in [2.24, 2.45) is 0 Å². The molecule has 1 saturated heterocycles. The van der Waals surface area contributed by atoms with Gasteiger partial charge in [0, 0.05) is 0 Å². The summed E-state index contributed by atoms with van der Waals surface area (Å²) in [5, 5.41) is 0. The van der Waals surface area contributed by atoms with Gasteiger partial charge in [0.2, 0.25) is 0 Å². The third-order valence-electron chi connectivity index (χ3n) is 6.34. The predicted octanol–water partition coefficient (Wildman–Crippen LogP) is 6.34. The molecule has 1 heterocycles. The first kappa shape index (κ1) is 17.9. The van der Waals surface area contributed by atoms with Gasteiger partial charge in [-0.3, -0.25) is 0 Å². The molecule has 0 bridgehead atoms. The molecule has 1 aliphatic rings. The van der Waals surface area contributed by atoms with Crippen LogP contribution in [0.25, 0.3) is 0 Å². The van der Waals surface area contributed by atoms with Crippen LogP contribution in [0, 0.1) is 0 Å². The molecule has 142 valence electrons. The molecule has 5 rings (SSSR count). The predicted molar refractivity (Wildman–Crippen MR) is 118 cm³/mol. The van der Waals surface area contributed by atoms with Crippen molar-refractivity contribution >= 4 is 0 Å². The maximum Gasteiger partial charge on any atom is 0.135 e. The normalized spacial score (nSPS) is 19.3. The number of ether oxygens (including phenoxy) is 1. The molecule has 4 aromatic rings. The summed E-state index contributed by atoms with van der Waals surface area (Å²) in [5.41, 5.74) is 3.97. The SMILES string of the molecule is CC1OC(c2ccccc2)(c2ccccc2)C1(c1ccccc1)c1ccccc1. The van der Waals surface area contributed by atoms with E-state index in [4.69, 9.17) is 4.74 Å². The third kappa shape index (κ3) is 2.44. The van der Waals surface area contributed by atoms with Gasteiger partial charge in [-0.1, -0.05) is 121 Å². The molecule has 1 heteroatoms. The van der Waals surface area contributed by atoms with Gasteiger partial charge < -0.3 is 4.74 Å². The summed E-state index contributed by atoms with van der Waals surface area (Å²) < 4.78 is 6.82. The molecule has 0 saturated carbocycles. The summed E-state index contributed by atoms with van der Waals surface area (Å²) in [5.74, 6) is 0. The molecular weight excluding hydrogens is 352 g/mol. The van der Waals surface area contributed by atoms with Crippen LogP contribution in [0.5, 0.6) is 0 Å². The van der Waals surface area contributed by atoms with Crippen molar-refractivity contribution in [1.29, 1.82) is 0 Å². The van der Waals surface area contributed by atoms with Gasteiger partial charge in [0.05, 0.1) is 11.5 Å². The van der Waals surface area contributed by atoms with Crippen LogP contribution in [-0.2, 0) is 15.8 Å². The van der Waals surface area contributed by atoms with Crippen molar-refractivity contribution in [3.63, 3.8) is 0 Å². The molecule has 1 fully saturated rings. The highest BCUT2D eigenvalue weighted by atomic mass is 16.5. The first-order valence-corrected chi connectivity index (χ1v) is 10.2. The van der Waals surface area contributed by atoms with E-state index in [-0.39, 0.29) is 11.5 Å². The van der Waals surface area contributed by atoms with E-state index in [9.17, 15) is 0 Å². The maximum absolute atomic E-state index is 6.82. The maximum atomic E-state index is 6.82. The lowest BCUT2D eigenvalue weighted by Crippen LogP contribution is -2.69. The standard InChI is InChI=1S/C28H24O/c1-22-27(23-14-6-2-7-15-23,24-16-8-3-9-17-24)28(29-22,25-18-10-4-11-19-25)26-20-12-5-13-21-26/h2-22H,1H3. The lowest BCUT2D eigenvalue weighted by Gasteiger charge is -2.64. The minimum absolute atomic E-state index is 0.0210.